The zero-order valence-corrected chi connectivity index (χ0v) is 22.5. The summed E-state index contributed by atoms with van der Waals surface area (Å²) in [4.78, 5) is 0.680. The second kappa shape index (κ2) is 9.57. The van der Waals surface area contributed by atoms with Crippen LogP contribution in [0, 0.1) is 5.92 Å². The highest BCUT2D eigenvalue weighted by Crippen LogP contribution is 2.39. The van der Waals surface area contributed by atoms with Gasteiger partial charge in [0.1, 0.15) is 0 Å². The average molecular weight is 480 g/mol. The Morgan fingerprint density at radius 1 is 0.788 bits per heavy atom. The van der Waals surface area contributed by atoms with Crippen LogP contribution in [0.15, 0.2) is 99.9 Å². The topological polar surface area (TPSA) is 49.7 Å². The maximum atomic E-state index is 15.0. The van der Waals surface area contributed by atoms with Gasteiger partial charge in [-0.05, 0) is 40.4 Å². The van der Waals surface area contributed by atoms with Crippen LogP contribution in [0.25, 0.3) is 0 Å². The smallest absolute Gasteiger partial charge is 0.260 e. The van der Waals surface area contributed by atoms with Gasteiger partial charge >= 0.3 is 0 Å². The van der Waals surface area contributed by atoms with Gasteiger partial charge in [0.25, 0.3) is 8.24 Å². The molecule has 3 aromatic rings. The first-order valence-corrected chi connectivity index (χ1v) is 15.2. The van der Waals surface area contributed by atoms with Gasteiger partial charge in [-0.1, -0.05) is 113 Å². The summed E-state index contributed by atoms with van der Waals surface area (Å²) < 4.78 is 20.5. The summed E-state index contributed by atoms with van der Waals surface area (Å²) in [6.07, 6.45) is 0. The summed E-state index contributed by atoms with van der Waals surface area (Å²) in [5.41, 5.74) is -1.12. The molecular formula is C28H37NO2SSi. The number of aliphatic hydroxyl groups is 1. The van der Waals surface area contributed by atoms with E-state index >= 15 is 4.21 Å². The first-order chi connectivity index (χ1) is 15.4. The Balaban J connectivity index is 2.48. The van der Waals surface area contributed by atoms with E-state index in [4.69, 9.17) is 4.03 Å². The van der Waals surface area contributed by atoms with E-state index in [2.05, 4.69) is 45.0 Å². The van der Waals surface area contributed by atoms with Crippen molar-refractivity contribution >= 4 is 28.3 Å². The lowest BCUT2D eigenvalue weighted by atomic mass is 9.95. The molecule has 1 N–H and O–H groups in total. The van der Waals surface area contributed by atoms with E-state index in [1.165, 1.54) is 0 Å². The Morgan fingerprint density at radius 2 is 1.18 bits per heavy atom. The predicted molar refractivity (Wildman–Crippen MR) is 143 cm³/mol. The molecule has 0 bridgehead atoms. The van der Waals surface area contributed by atoms with Crippen LogP contribution in [-0.2, 0) is 9.73 Å². The molecule has 5 heteroatoms. The summed E-state index contributed by atoms with van der Waals surface area (Å²) >= 11 is 0. The molecule has 3 nitrogen and oxygen atoms in total. The Morgan fingerprint density at radius 3 is 1.55 bits per heavy atom. The zero-order chi connectivity index (χ0) is 24.3. The Labute approximate surface area is 201 Å². The van der Waals surface area contributed by atoms with Gasteiger partial charge in [-0.3, -0.25) is 4.03 Å². The minimum Gasteiger partial charge on any atom is -0.389 e. The third kappa shape index (κ3) is 5.16. The molecule has 3 aromatic carbocycles. The van der Waals surface area contributed by atoms with Crippen LogP contribution in [0.4, 0.5) is 0 Å². The van der Waals surface area contributed by atoms with Crippen LogP contribution >= 0.6 is 0 Å². The maximum Gasteiger partial charge on any atom is 0.260 e. The van der Waals surface area contributed by atoms with Crippen LogP contribution in [0.5, 0.6) is 0 Å². The Kier molecular flexibility index (Phi) is 7.37. The molecule has 0 saturated carbocycles. The summed E-state index contributed by atoms with van der Waals surface area (Å²) in [6, 6.07) is 30.2. The zero-order valence-electron chi connectivity index (χ0n) is 20.7. The highest BCUT2D eigenvalue weighted by atomic mass is 32.2. The monoisotopic (exact) mass is 479 g/mol. The van der Waals surface area contributed by atoms with Gasteiger partial charge in [-0.25, -0.2) is 4.21 Å². The van der Waals surface area contributed by atoms with Gasteiger partial charge in [-0.2, -0.15) is 0 Å². The van der Waals surface area contributed by atoms with E-state index in [0.29, 0.717) is 4.90 Å². The van der Waals surface area contributed by atoms with Crippen molar-refractivity contribution in [2.75, 3.05) is 5.75 Å². The van der Waals surface area contributed by atoms with Crippen molar-refractivity contribution in [2.24, 2.45) is 9.95 Å². The molecule has 0 aliphatic carbocycles. The van der Waals surface area contributed by atoms with Crippen molar-refractivity contribution in [3.05, 3.63) is 91.0 Å². The highest BCUT2D eigenvalue weighted by Gasteiger charge is 2.50. The lowest BCUT2D eigenvalue weighted by Crippen LogP contribution is -2.63. The predicted octanol–water partition coefficient (Wildman–Crippen LogP) is 5.48. The molecule has 0 aliphatic heterocycles. The quantitative estimate of drug-likeness (QED) is 0.456. The molecule has 3 rings (SSSR count). The minimum absolute atomic E-state index is 0.0589. The average Bonchev–Trinajstić information content (AvgIpc) is 2.78. The lowest BCUT2D eigenvalue weighted by Gasteiger charge is -2.41. The van der Waals surface area contributed by atoms with E-state index in [1.807, 2.05) is 80.6 Å². The van der Waals surface area contributed by atoms with Crippen molar-refractivity contribution < 1.29 is 9.32 Å². The van der Waals surface area contributed by atoms with E-state index in [1.54, 1.807) is 6.92 Å². The van der Waals surface area contributed by atoms with Crippen molar-refractivity contribution in [1.82, 2.24) is 0 Å². The molecular weight excluding hydrogens is 442 g/mol. The van der Waals surface area contributed by atoms with E-state index in [0.717, 1.165) is 10.4 Å². The van der Waals surface area contributed by atoms with Crippen LogP contribution in [-0.4, -0.2) is 28.9 Å². The molecule has 0 heterocycles. The number of benzene rings is 3. The molecule has 0 saturated heterocycles. The van der Waals surface area contributed by atoms with Crippen LogP contribution in [0.2, 0.25) is 5.04 Å². The van der Waals surface area contributed by atoms with Crippen molar-refractivity contribution in [2.45, 2.75) is 57.1 Å². The second-order valence-corrected chi connectivity index (χ2v) is 17.2. The van der Waals surface area contributed by atoms with E-state index < -0.39 is 23.6 Å². The molecule has 0 fully saturated rings. The third-order valence-electron chi connectivity index (χ3n) is 6.60. The van der Waals surface area contributed by atoms with E-state index in [9.17, 15) is 5.11 Å². The summed E-state index contributed by atoms with van der Waals surface area (Å²) in [7, 11) is -5.93. The number of nitrogens with zero attached hydrogens (tertiary/aromatic N) is 1. The first kappa shape index (κ1) is 25.4. The third-order valence-corrected chi connectivity index (χ3v) is 15.4. The normalized spacial score (nSPS) is 16.1. The number of hydrogen-bond acceptors (Lipinski definition) is 3. The van der Waals surface area contributed by atoms with Crippen molar-refractivity contribution in [1.29, 1.82) is 0 Å². The molecule has 0 amide bonds. The minimum atomic E-state index is -2.97. The lowest BCUT2D eigenvalue weighted by molar-refractivity contribution is 0.0365. The van der Waals surface area contributed by atoms with Crippen LogP contribution < -0.4 is 10.4 Å². The standard InChI is InChI=1S/C28H37NO2SSi/c1-23(2)28(6,30)22-32(31,24-16-10-7-11-17-24)29-33(27(3,4)5,25-18-12-8-13-19-25)26-20-14-9-15-21-26/h7-21,23,30H,22H2,1-6H3/t28-,32?/m1/s1. The molecule has 2 atom stereocenters. The fourth-order valence-corrected chi connectivity index (χ4v) is 13.9. The summed E-state index contributed by atoms with van der Waals surface area (Å²) in [5, 5.41) is 13.3. The molecule has 0 aliphatic rings. The SMILES string of the molecule is CC(C)[C@](C)(O)CS(=O)(=N[Si](c1ccccc1)(c1ccccc1)C(C)(C)C)c1ccccc1. The molecule has 0 spiro atoms. The van der Waals surface area contributed by atoms with Gasteiger partial charge in [0.05, 0.1) is 21.1 Å². The molecule has 0 aromatic heterocycles. The first-order valence-electron chi connectivity index (χ1n) is 11.6. The van der Waals surface area contributed by atoms with Gasteiger partial charge in [0.2, 0.25) is 0 Å². The maximum absolute atomic E-state index is 15.0. The fraction of sp³-hybridized carbons (Fsp3) is 0.357. The fourth-order valence-electron chi connectivity index (χ4n) is 4.22. The van der Waals surface area contributed by atoms with Gasteiger partial charge in [0.15, 0.2) is 0 Å². The van der Waals surface area contributed by atoms with Gasteiger partial charge in [-0.15, -0.1) is 0 Å². The highest BCUT2D eigenvalue weighted by molar-refractivity contribution is 7.94. The summed E-state index contributed by atoms with van der Waals surface area (Å²) in [5.74, 6) is 0.0306. The van der Waals surface area contributed by atoms with Gasteiger partial charge in [0, 0.05) is 4.90 Å². The van der Waals surface area contributed by atoms with E-state index in [-0.39, 0.29) is 16.7 Å². The Hall–Kier alpha value is -2.21. The summed E-state index contributed by atoms with van der Waals surface area (Å²) in [6.45, 7) is 12.3. The number of hydrogen-bond donors (Lipinski definition) is 1. The van der Waals surface area contributed by atoms with Crippen LogP contribution in [0.1, 0.15) is 41.5 Å². The largest absolute Gasteiger partial charge is 0.389 e. The van der Waals surface area contributed by atoms with Crippen molar-refractivity contribution in [3.8, 4) is 0 Å². The molecule has 0 radical (unpaired) electrons. The molecule has 176 valence electrons. The van der Waals surface area contributed by atoms with Gasteiger partial charge < -0.3 is 5.11 Å². The van der Waals surface area contributed by atoms with Crippen LogP contribution in [0.3, 0.4) is 0 Å². The number of rotatable bonds is 7. The second-order valence-electron chi connectivity index (χ2n) is 10.4. The molecule has 1 unspecified atom stereocenters. The van der Waals surface area contributed by atoms with Crippen molar-refractivity contribution in [3.63, 3.8) is 0 Å². The molecule has 33 heavy (non-hydrogen) atoms. The Bertz CT molecular complexity index is 1120.